The number of fused-ring (bicyclic) bond motifs is 18. The number of allylic oxidation sites excluding steroid dienone is 4. The summed E-state index contributed by atoms with van der Waals surface area (Å²) in [4.78, 5) is 26.3. The van der Waals surface area contributed by atoms with Gasteiger partial charge in [-0.05, 0) is 110 Å². The summed E-state index contributed by atoms with van der Waals surface area (Å²) in [6.45, 7) is 4.79. The van der Waals surface area contributed by atoms with Crippen molar-refractivity contribution in [2.45, 2.75) is 52.4 Å². The molecule has 188 valence electrons. The molecule has 0 N–H and O–H groups in total. The van der Waals surface area contributed by atoms with Gasteiger partial charge in [-0.15, -0.1) is 0 Å². The first-order valence-electron chi connectivity index (χ1n) is 14.6. The topological polar surface area (TPSA) is 52.6 Å². The van der Waals surface area contributed by atoms with Crippen LogP contribution in [0.3, 0.4) is 0 Å². The zero-order valence-electron chi connectivity index (χ0n) is 21.2. The highest BCUT2D eigenvalue weighted by atomic mass is 16.5. The van der Waals surface area contributed by atoms with Crippen molar-refractivity contribution in [3.63, 3.8) is 0 Å². The first-order chi connectivity index (χ1) is 16.9. The lowest BCUT2D eigenvalue weighted by Gasteiger charge is -2.36. The third kappa shape index (κ3) is 2.98. The zero-order chi connectivity index (χ0) is 23.6. The van der Waals surface area contributed by atoms with Crippen molar-refractivity contribution in [2.24, 2.45) is 88.3 Å². The minimum absolute atomic E-state index is 0.00518. The lowest BCUT2D eigenvalue weighted by molar-refractivity contribution is -0.161. The van der Waals surface area contributed by atoms with E-state index in [4.69, 9.17) is 9.47 Å². The van der Waals surface area contributed by atoms with Gasteiger partial charge in [0, 0.05) is 5.41 Å². The highest BCUT2D eigenvalue weighted by Crippen LogP contribution is 2.68. The molecule has 0 amide bonds. The SMILES string of the molecule is CC(C)(COC(=O)C1CC2CC1C1C3C=CC(C3)C21)COC(=O)C1CC2CC1C1C3C=CC(C3)C21. The molecule has 6 fully saturated rings. The Morgan fingerprint density at radius 1 is 0.629 bits per heavy atom. The molecule has 4 heteroatoms. The summed E-state index contributed by atoms with van der Waals surface area (Å²) in [6.07, 6.45) is 16.9. The highest BCUT2D eigenvalue weighted by Gasteiger charge is 2.63. The molecule has 0 saturated heterocycles. The van der Waals surface area contributed by atoms with Crippen LogP contribution in [0, 0.1) is 88.3 Å². The van der Waals surface area contributed by atoms with Crippen LogP contribution in [-0.4, -0.2) is 25.2 Å². The molecule has 0 aromatic rings. The molecule has 14 atom stereocenters. The second-order valence-electron chi connectivity index (χ2n) is 14.6. The minimum atomic E-state index is -0.351. The maximum atomic E-state index is 13.1. The molecule has 0 heterocycles. The molecular formula is C31H40O4. The third-order valence-corrected chi connectivity index (χ3v) is 12.4. The summed E-state index contributed by atoms with van der Waals surface area (Å²) >= 11 is 0. The number of carbonyl (C=O) groups is 2. The summed E-state index contributed by atoms with van der Waals surface area (Å²) in [6, 6.07) is 0. The van der Waals surface area contributed by atoms with E-state index in [1.54, 1.807) is 0 Å². The van der Waals surface area contributed by atoms with Gasteiger partial charge in [0.1, 0.15) is 0 Å². The maximum absolute atomic E-state index is 13.1. The monoisotopic (exact) mass is 476 g/mol. The van der Waals surface area contributed by atoms with Gasteiger partial charge in [0.15, 0.2) is 0 Å². The van der Waals surface area contributed by atoms with E-state index in [1.165, 1.54) is 25.7 Å². The fourth-order valence-electron chi connectivity index (χ4n) is 11.4. The fraction of sp³-hybridized carbons (Fsp3) is 0.806. The van der Waals surface area contributed by atoms with Gasteiger partial charge in [0.25, 0.3) is 0 Å². The molecule has 0 spiro atoms. The van der Waals surface area contributed by atoms with Gasteiger partial charge in [-0.1, -0.05) is 38.2 Å². The Morgan fingerprint density at radius 2 is 1.03 bits per heavy atom. The average molecular weight is 477 g/mol. The van der Waals surface area contributed by atoms with Crippen LogP contribution in [-0.2, 0) is 19.1 Å². The first kappa shape index (κ1) is 21.5. The smallest absolute Gasteiger partial charge is 0.309 e. The van der Waals surface area contributed by atoms with Crippen molar-refractivity contribution >= 4 is 11.9 Å². The molecular weight excluding hydrogens is 436 g/mol. The second-order valence-corrected chi connectivity index (χ2v) is 14.6. The molecule has 35 heavy (non-hydrogen) atoms. The Hall–Kier alpha value is -1.58. The Balaban J connectivity index is 0.846. The quantitative estimate of drug-likeness (QED) is 0.297. The van der Waals surface area contributed by atoms with Crippen LogP contribution in [0.25, 0.3) is 0 Å². The van der Waals surface area contributed by atoms with Gasteiger partial charge in [-0.25, -0.2) is 0 Å². The Morgan fingerprint density at radius 3 is 1.46 bits per heavy atom. The van der Waals surface area contributed by atoms with Crippen LogP contribution < -0.4 is 0 Å². The molecule has 0 radical (unpaired) electrons. The van der Waals surface area contributed by atoms with E-state index in [1.807, 2.05) is 0 Å². The number of hydrogen-bond acceptors (Lipinski definition) is 4. The average Bonchev–Trinajstić information content (AvgIpc) is 3.70. The van der Waals surface area contributed by atoms with Crippen LogP contribution in [0.15, 0.2) is 24.3 Å². The number of hydrogen-bond donors (Lipinski definition) is 0. The second kappa shape index (κ2) is 7.25. The number of esters is 2. The van der Waals surface area contributed by atoms with Crippen LogP contribution in [0.2, 0.25) is 0 Å². The molecule has 8 aliphatic rings. The summed E-state index contributed by atoms with van der Waals surface area (Å²) in [5, 5.41) is 0. The van der Waals surface area contributed by atoms with Crippen molar-refractivity contribution in [3.05, 3.63) is 24.3 Å². The first-order valence-corrected chi connectivity index (χ1v) is 14.6. The molecule has 6 saturated carbocycles. The molecule has 14 unspecified atom stereocenters. The molecule has 0 aromatic carbocycles. The molecule has 4 nitrogen and oxygen atoms in total. The van der Waals surface area contributed by atoms with Gasteiger partial charge in [0.05, 0.1) is 25.0 Å². The lowest BCUT2D eigenvalue weighted by atomic mass is 9.69. The number of rotatable bonds is 6. The van der Waals surface area contributed by atoms with Crippen LogP contribution in [0.1, 0.15) is 52.4 Å². The van der Waals surface area contributed by atoms with Gasteiger partial charge in [-0.3, -0.25) is 9.59 Å². The van der Waals surface area contributed by atoms with Crippen LogP contribution >= 0.6 is 0 Å². The van der Waals surface area contributed by atoms with E-state index in [-0.39, 0.29) is 29.2 Å². The number of carbonyl (C=O) groups excluding carboxylic acids is 2. The van der Waals surface area contributed by atoms with E-state index in [0.717, 1.165) is 60.2 Å². The summed E-state index contributed by atoms with van der Waals surface area (Å²) < 4.78 is 11.8. The Labute approximate surface area is 209 Å². The van der Waals surface area contributed by atoms with E-state index in [9.17, 15) is 9.59 Å². The van der Waals surface area contributed by atoms with E-state index in [2.05, 4.69) is 38.2 Å². The Bertz CT molecular complexity index is 931. The van der Waals surface area contributed by atoms with E-state index in [0.29, 0.717) is 36.9 Å². The van der Waals surface area contributed by atoms with Gasteiger partial charge >= 0.3 is 11.9 Å². The van der Waals surface area contributed by atoms with Gasteiger partial charge < -0.3 is 9.47 Å². The Kier molecular flexibility index (Phi) is 4.46. The molecule has 8 rings (SSSR count). The van der Waals surface area contributed by atoms with E-state index >= 15 is 0 Å². The van der Waals surface area contributed by atoms with Crippen molar-refractivity contribution in [1.82, 2.24) is 0 Å². The fourth-order valence-corrected chi connectivity index (χ4v) is 11.4. The van der Waals surface area contributed by atoms with E-state index < -0.39 is 0 Å². The predicted octanol–water partition coefficient (Wildman–Crippen LogP) is 5.29. The normalized spacial score (nSPS) is 53.0. The maximum Gasteiger partial charge on any atom is 0.309 e. The molecule has 0 aliphatic heterocycles. The highest BCUT2D eigenvalue weighted by molar-refractivity contribution is 5.74. The molecule has 0 aromatic heterocycles. The van der Waals surface area contributed by atoms with Gasteiger partial charge in [-0.2, -0.15) is 0 Å². The minimum Gasteiger partial charge on any atom is -0.465 e. The summed E-state index contributed by atoms with van der Waals surface area (Å²) in [5.74, 6) is 8.81. The largest absolute Gasteiger partial charge is 0.465 e. The van der Waals surface area contributed by atoms with Gasteiger partial charge in [0.2, 0.25) is 0 Å². The lowest BCUT2D eigenvalue weighted by Crippen LogP contribution is -2.38. The molecule has 8 bridgehead atoms. The standard InChI is InChI=1S/C31H40O4/c1-31(2,13-34-29(32)23-11-19-9-21(23)27-17-5-3-15(7-17)25(19)27)14-35-30(33)24-12-20-10-22(24)28-18-6-4-16(8-18)26(20)28/h3-6,15-28H,7-14H2,1-2H3. The van der Waals surface area contributed by atoms with Crippen molar-refractivity contribution in [3.8, 4) is 0 Å². The number of ether oxygens (including phenoxy) is 2. The summed E-state index contributed by atoms with van der Waals surface area (Å²) in [7, 11) is 0. The van der Waals surface area contributed by atoms with Crippen LogP contribution in [0.5, 0.6) is 0 Å². The van der Waals surface area contributed by atoms with Crippen molar-refractivity contribution < 1.29 is 19.1 Å². The van der Waals surface area contributed by atoms with Crippen LogP contribution in [0.4, 0.5) is 0 Å². The zero-order valence-corrected chi connectivity index (χ0v) is 21.2. The van der Waals surface area contributed by atoms with Crippen molar-refractivity contribution in [1.29, 1.82) is 0 Å². The predicted molar refractivity (Wildman–Crippen MR) is 131 cm³/mol. The molecule has 8 aliphatic carbocycles. The summed E-state index contributed by atoms with van der Waals surface area (Å²) in [5.41, 5.74) is -0.351. The van der Waals surface area contributed by atoms with Crippen molar-refractivity contribution in [2.75, 3.05) is 13.2 Å². The third-order valence-electron chi connectivity index (χ3n) is 12.4.